The Hall–Kier alpha value is -1.19. The molecule has 1 atom stereocenters. The number of sulfone groups is 1. The quantitative estimate of drug-likeness (QED) is 0.543. The van der Waals surface area contributed by atoms with E-state index in [9.17, 15) is 23.1 Å². The summed E-state index contributed by atoms with van der Waals surface area (Å²) >= 11 is 0. The molecule has 8 nitrogen and oxygen atoms in total. The van der Waals surface area contributed by atoms with Crippen LogP contribution in [0.1, 0.15) is 19.3 Å². The third kappa shape index (κ3) is 4.73. The molecule has 0 bridgehead atoms. The highest BCUT2D eigenvalue weighted by Gasteiger charge is 2.42. The molecule has 1 aliphatic rings. The van der Waals surface area contributed by atoms with Gasteiger partial charge in [0.05, 0.1) is 11.8 Å². The maximum absolute atomic E-state index is 11.9. The van der Waals surface area contributed by atoms with Gasteiger partial charge in [-0.15, -0.1) is 0 Å². The van der Waals surface area contributed by atoms with Gasteiger partial charge in [0.1, 0.15) is 15.4 Å². The van der Waals surface area contributed by atoms with Crippen LogP contribution in [0.3, 0.4) is 0 Å². The van der Waals surface area contributed by atoms with Crippen molar-refractivity contribution in [2.75, 3.05) is 25.2 Å². The van der Waals surface area contributed by atoms with Gasteiger partial charge in [0.2, 0.25) is 5.91 Å². The molecule has 1 rings (SSSR count). The lowest BCUT2D eigenvalue weighted by Crippen LogP contribution is -2.60. The Balaban J connectivity index is 2.64. The van der Waals surface area contributed by atoms with Gasteiger partial charge in [0, 0.05) is 32.3 Å². The van der Waals surface area contributed by atoms with Crippen LogP contribution in [-0.2, 0) is 24.2 Å². The summed E-state index contributed by atoms with van der Waals surface area (Å²) in [6.07, 6.45) is 1.32. The highest BCUT2D eigenvalue weighted by Crippen LogP contribution is 2.21. The number of carboxylic acids is 1. The molecule has 1 fully saturated rings. The number of nitrogens with two attached hydrogens (primary N) is 1. The van der Waals surface area contributed by atoms with E-state index >= 15 is 0 Å². The van der Waals surface area contributed by atoms with Crippen LogP contribution in [0.15, 0.2) is 0 Å². The Morgan fingerprint density at radius 3 is 2.40 bits per heavy atom. The van der Waals surface area contributed by atoms with E-state index in [2.05, 4.69) is 5.32 Å². The van der Waals surface area contributed by atoms with Gasteiger partial charge in [-0.25, -0.2) is 13.2 Å². The fraction of sp³-hybridized carbons (Fsp3) is 0.818. The van der Waals surface area contributed by atoms with E-state index in [1.54, 1.807) is 0 Å². The molecule has 0 aromatic carbocycles. The van der Waals surface area contributed by atoms with Crippen molar-refractivity contribution in [1.29, 1.82) is 0 Å². The zero-order valence-electron chi connectivity index (χ0n) is 11.3. The second kappa shape index (κ2) is 6.51. The van der Waals surface area contributed by atoms with Crippen molar-refractivity contribution < 1.29 is 27.9 Å². The van der Waals surface area contributed by atoms with Gasteiger partial charge in [0.15, 0.2) is 0 Å². The maximum Gasteiger partial charge on any atom is 0.329 e. The Labute approximate surface area is 117 Å². The lowest BCUT2D eigenvalue weighted by Gasteiger charge is -2.34. The number of nitrogens with one attached hydrogen (secondary N) is 1. The van der Waals surface area contributed by atoms with Gasteiger partial charge < -0.3 is 20.9 Å². The van der Waals surface area contributed by atoms with Gasteiger partial charge in [-0.1, -0.05) is 0 Å². The predicted octanol–water partition coefficient (Wildman–Crippen LogP) is -1.50. The van der Waals surface area contributed by atoms with Crippen LogP contribution >= 0.6 is 0 Å². The number of rotatable bonds is 6. The molecule has 1 saturated heterocycles. The first-order valence-electron chi connectivity index (χ1n) is 6.23. The molecule has 0 spiro atoms. The van der Waals surface area contributed by atoms with Gasteiger partial charge in [-0.3, -0.25) is 4.79 Å². The van der Waals surface area contributed by atoms with Crippen molar-refractivity contribution in [2.24, 2.45) is 5.73 Å². The monoisotopic (exact) mass is 308 g/mol. The van der Waals surface area contributed by atoms with E-state index in [0.29, 0.717) is 0 Å². The topological polar surface area (TPSA) is 136 Å². The van der Waals surface area contributed by atoms with Crippen molar-refractivity contribution in [2.45, 2.75) is 30.8 Å². The molecule has 4 N–H and O–H groups in total. The van der Waals surface area contributed by atoms with Crippen LogP contribution in [-0.4, -0.2) is 62.2 Å². The molecule has 1 unspecified atom stereocenters. The Kier molecular flexibility index (Phi) is 5.49. The smallest absolute Gasteiger partial charge is 0.329 e. The largest absolute Gasteiger partial charge is 0.480 e. The Bertz CT molecular complexity index is 469. The number of carbonyl (C=O) groups excluding carboxylic acids is 1. The number of hydrogen-bond acceptors (Lipinski definition) is 6. The zero-order valence-corrected chi connectivity index (χ0v) is 12.1. The van der Waals surface area contributed by atoms with Gasteiger partial charge >= 0.3 is 5.97 Å². The maximum atomic E-state index is 11.9. The molecular formula is C11H20N2O6S. The lowest BCUT2D eigenvalue weighted by atomic mass is 9.89. The average molecular weight is 308 g/mol. The lowest BCUT2D eigenvalue weighted by molar-refractivity contribution is -0.152. The number of aliphatic carboxylic acids is 1. The summed E-state index contributed by atoms with van der Waals surface area (Å²) in [6, 6.07) is -1.05. The van der Waals surface area contributed by atoms with Crippen LogP contribution in [0.25, 0.3) is 0 Å². The summed E-state index contributed by atoms with van der Waals surface area (Å²) in [7, 11) is -3.21. The summed E-state index contributed by atoms with van der Waals surface area (Å²) in [5.74, 6) is -2.01. The molecule has 20 heavy (non-hydrogen) atoms. The third-order valence-corrected chi connectivity index (χ3v) is 4.23. The Morgan fingerprint density at radius 1 is 1.40 bits per heavy atom. The highest BCUT2D eigenvalue weighted by atomic mass is 32.2. The first-order chi connectivity index (χ1) is 9.16. The summed E-state index contributed by atoms with van der Waals surface area (Å²) in [5, 5.41) is 11.7. The number of hydrogen-bond donors (Lipinski definition) is 3. The second-order valence-corrected chi connectivity index (χ2v) is 7.27. The Morgan fingerprint density at radius 2 is 1.95 bits per heavy atom. The van der Waals surface area contributed by atoms with Crippen molar-refractivity contribution >= 4 is 21.7 Å². The molecule has 1 amide bonds. The second-order valence-electron chi connectivity index (χ2n) is 5.01. The van der Waals surface area contributed by atoms with E-state index in [4.69, 9.17) is 10.5 Å². The molecule has 0 saturated carbocycles. The summed E-state index contributed by atoms with van der Waals surface area (Å²) < 4.78 is 27.1. The minimum Gasteiger partial charge on any atom is -0.480 e. The van der Waals surface area contributed by atoms with Crippen molar-refractivity contribution in [1.82, 2.24) is 5.32 Å². The average Bonchev–Trinajstić information content (AvgIpc) is 2.35. The van der Waals surface area contributed by atoms with Gasteiger partial charge in [0.25, 0.3) is 0 Å². The molecule has 0 aromatic rings. The number of carbonyl (C=O) groups is 2. The van der Waals surface area contributed by atoms with Crippen molar-refractivity contribution in [3.8, 4) is 0 Å². The van der Waals surface area contributed by atoms with Crippen LogP contribution < -0.4 is 11.1 Å². The summed E-state index contributed by atoms with van der Waals surface area (Å²) in [5.41, 5.74) is 4.22. The van der Waals surface area contributed by atoms with E-state index in [1.807, 2.05) is 0 Å². The standard InChI is InChI=1S/C11H20N2O6S/c1-20(17,18)7-2-8(12)9(14)13-11(10(15)16)3-5-19-6-4-11/h8H,2-7,12H2,1H3,(H,13,14)(H,15,16). The third-order valence-electron chi connectivity index (χ3n) is 3.25. The molecular weight excluding hydrogens is 288 g/mol. The van der Waals surface area contributed by atoms with Gasteiger partial charge in [-0.05, 0) is 6.42 Å². The fourth-order valence-electron chi connectivity index (χ4n) is 1.91. The minimum atomic E-state index is -3.21. The number of ether oxygens (including phenoxy) is 1. The highest BCUT2D eigenvalue weighted by molar-refractivity contribution is 7.90. The van der Waals surface area contributed by atoms with E-state index in [-0.39, 0.29) is 38.2 Å². The molecule has 116 valence electrons. The van der Waals surface area contributed by atoms with Crippen molar-refractivity contribution in [3.63, 3.8) is 0 Å². The van der Waals surface area contributed by atoms with Crippen molar-refractivity contribution in [3.05, 3.63) is 0 Å². The fourth-order valence-corrected chi connectivity index (χ4v) is 2.59. The van der Waals surface area contributed by atoms with Crippen LogP contribution in [0.5, 0.6) is 0 Å². The van der Waals surface area contributed by atoms with Gasteiger partial charge in [-0.2, -0.15) is 0 Å². The molecule has 9 heteroatoms. The molecule has 0 aliphatic carbocycles. The first-order valence-corrected chi connectivity index (χ1v) is 8.29. The van der Waals surface area contributed by atoms with Crippen LogP contribution in [0.2, 0.25) is 0 Å². The summed E-state index contributed by atoms with van der Waals surface area (Å²) in [6.45, 7) is 0.482. The summed E-state index contributed by atoms with van der Waals surface area (Å²) in [4.78, 5) is 23.2. The molecule has 0 aromatic heterocycles. The van der Waals surface area contributed by atoms with Crippen LogP contribution in [0.4, 0.5) is 0 Å². The molecule has 1 heterocycles. The molecule has 0 radical (unpaired) electrons. The number of amides is 1. The number of carboxylic acid groups (broad SMARTS) is 1. The predicted molar refractivity (Wildman–Crippen MR) is 70.9 cm³/mol. The minimum absolute atomic E-state index is 0.0448. The van der Waals surface area contributed by atoms with E-state index in [0.717, 1.165) is 6.26 Å². The van der Waals surface area contributed by atoms with Crippen LogP contribution in [0, 0.1) is 0 Å². The van der Waals surface area contributed by atoms with E-state index in [1.165, 1.54) is 0 Å². The molecule has 1 aliphatic heterocycles. The first kappa shape index (κ1) is 16.9. The van der Waals surface area contributed by atoms with E-state index < -0.39 is 33.3 Å². The normalized spacial score (nSPS) is 20.1. The SMILES string of the molecule is CS(=O)(=O)CCC(N)C(=O)NC1(C(=O)O)CCOCC1. The zero-order chi connectivity index (χ0) is 15.4.